The zero-order valence-corrected chi connectivity index (χ0v) is 20.9. The van der Waals surface area contributed by atoms with Gasteiger partial charge in [-0.25, -0.2) is 9.78 Å². The number of ether oxygens (including phenoxy) is 2. The SMILES string of the molecule is O=C(Nc1ccc(N(CCCl)CCCl)cc1)Nc1cc(-c2ccccc2)nc2cc3c(cc12)OCO3. The summed E-state index contributed by atoms with van der Waals surface area (Å²) in [5.41, 5.74) is 4.63. The Morgan fingerprint density at radius 2 is 1.58 bits per heavy atom. The largest absolute Gasteiger partial charge is 0.454 e. The zero-order chi connectivity index (χ0) is 24.9. The van der Waals surface area contributed by atoms with Crippen molar-refractivity contribution in [3.63, 3.8) is 0 Å². The highest BCUT2D eigenvalue weighted by molar-refractivity contribution is 6.18. The van der Waals surface area contributed by atoms with E-state index >= 15 is 0 Å². The normalized spacial score (nSPS) is 11.9. The molecule has 0 saturated carbocycles. The quantitative estimate of drug-likeness (QED) is 0.256. The number of carbonyl (C=O) groups excluding carboxylic acids is 1. The van der Waals surface area contributed by atoms with Crippen LogP contribution in [0.15, 0.2) is 72.8 Å². The molecule has 4 aromatic rings. The lowest BCUT2D eigenvalue weighted by Crippen LogP contribution is -2.27. The molecule has 184 valence electrons. The van der Waals surface area contributed by atoms with E-state index in [0.29, 0.717) is 53.2 Å². The predicted molar refractivity (Wildman–Crippen MR) is 146 cm³/mol. The third-order valence-electron chi connectivity index (χ3n) is 5.82. The summed E-state index contributed by atoms with van der Waals surface area (Å²) < 4.78 is 11.1. The van der Waals surface area contributed by atoms with Crippen LogP contribution in [0.3, 0.4) is 0 Å². The molecule has 2 heterocycles. The Bertz CT molecular complexity index is 1360. The molecule has 1 aliphatic heterocycles. The van der Waals surface area contributed by atoms with Gasteiger partial charge in [-0.2, -0.15) is 0 Å². The summed E-state index contributed by atoms with van der Waals surface area (Å²) >= 11 is 11.8. The van der Waals surface area contributed by atoms with E-state index in [1.54, 1.807) is 0 Å². The Labute approximate surface area is 218 Å². The van der Waals surface area contributed by atoms with Gasteiger partial charge < -0.3 is 25.0 Å². The molecular formula is C27H24Cl2N4O3. The molecule has 7 nitrogen and oxygen atoms in total. The number of fused-ring (bicyclic) bond motifs is 2. The Morgan fingerprint density at radius 1 is 0.889 bits per heavy atom. The Balaban J connectivity index is 1.40. The molecule has 2 amide bonds. The summed E-state index contributed by atoms with van der Waals surface area (Å²) in [7, 11) is 0. The third-order valence-corrected chi connectivity index (χ3v) is 6.16. The van der Waals surface area contributed by atoms with Crippen molar-refractivity contribution in [1.29, 1.82) is 0 Å². The van der Waals surface area contributed by atoms with Crippen LogP contribution in [0.5, 0.6) is 11.5 Å². The molecular weight excluding hydrogens is 499 g/mol. The van der Waals surface area contributed by atoms with Gasteiger partial charge in [-0.3, -0.25) is 0 Å². The fourth-order valence-corrected chi connectivity index (χ4v) is 4.50. The number of amides is 2. The van der Waals surface area contributed by atoms with Gasteiger partial charge in [0.15, 0.2) is 11.5 Å². The summed E-state index contributed by atoms with van der Waals surface area (Å²) in [6.45, 7) is 1.54. The molecule has 0 aliphatic carbocycles. The molecule has 2 N–H and O–H groups in total. The number of anilines is 3. The molecule has 0 atom stereocenters. The van der Waals surface area contributed by atoms with Crippen molar-refractivity contribution in [2.24, 2.45) is 0 Å². The van der Waals surface area contributed by atoms with Gasteiger partial charge in [-0.1, -0.05) is 30.3 Å². The van der Waals surface area contributed by atoms with E-state index in [4.69, 9.17) is 37.7 Å². The molecule has 0 unspecified atom stereocenters. The topological polar surface area (TPSA) is 75.7 Å². The lowest BCUT2D eigenvalue weighted by molar-refractivity contribution is 0.174. The molecule has 0 bridgehead atoms. The molecule has 36 heavy (non-hydrogen) atoms. The third kappa shape index (κ3) is 5.27. The fraction of sp³-hybridized carbons (Fsp3) is 0.185. The van der Waals surface area contributed by atoms with Crippen molar-refractivity contribution in [3.05, 3.63) is 72.8 Å². The number of benzene rings is 3. The highest BCUT2D eigenvalue weighted by Gasteiger charge is 2.18. The first-order chi connectivity index (χ1) is 17.6. The van der Waals surface area contributed by atoms with Crippen molar-refractivity contribution in [1.82, 2.24) is 4.98 Å². The second kappa shape index (κ2) is 10.9. The van der Waals surface area contributed by atoms with E-state index in [2.05, 4.69) is 15.5 Å². The molecule has 5 rings (SSSR count). The van der Waals surface area contributed by atoms with Gasteiger partial charge in [0.2, 0.25) is 6.79 Å². The lowest BCUT2D eigenvalue weighted by Gasteiger charge is -2.23. The van der Waals surface area contributed by atoms with Gasteiger partial charge in [0.25, 0.3) is 0 Å². The lowest BCUT2D eigenvalue weighted by atomic mass is 10.1. The van der Waals surface area contributed by atoms with E-state index in [1.165, 1.54) is 0 Å². The van der Waals surface area contributed by atoms with Crippen LogP contribution in [0.4, 0.5) is 21.9 Å². The Kier molecular flexibility index (Phi) is 7.30. The van der Waals surface area contributed by atoms with E-state index in [-0.39, 0.29) is 12.8 Å². The van der Waals surface area contributed by atoms with E-state index in [1.807, 2.05) is 72.8 Å². The number of urea groups is 1. The number of nitrogens with one attached hydrogen (secondary N) is 2. The van der Waals surface area contributed by atoms with E-state index in [9.17, 15) is 4.79 Å². The molecule has 0 radical (unpaired) electrons. The van der Waals surface area contributed by atoms with Gasteiger partial charge in [-0.15, -0.1) is 23.2 Å². The average molecular weight is 523 g/mol. The Morgan fingerprint density at radius 3 is 2.28 bits per heavy atom. The molecule has 0 fully saturated rings. The van der Waals surface area contributed by atoms with Crippen molar-refractivity contribution in [2.75, 3.05) is 47.2 Å². The van der Waals surface area contributed by atoms with Crippen molar-refractivity contribution in [2.45, 2.75) is 0 Å². The summed E-state index contributed by atoms with van der Waals surface area (Å²) in [5, 5.41) is 6.63. The van der Waals surface area contributed by atoms with Gasteiger partial charge in [0.1, 0.15) is 0 Å². The average Bonchev–Trinajstić information content (AvgIpc) is 3.36. The van der Waals surface area contributed by atoms with Crippen LogP contribution in [-0.4, -0.2) is 42.7 Å². The number of hydrogen-bond acceptors (Lipinski definition) is 5. The first kappa shape index (κ1) is 24.0. The van der Waals surface area contributed by atoms with Crippen molar-refractivity contribution < 1.29 is 14.3 Å². The highest BCUT2D eigenvalue weighted by Crippen LogP contribution is 2.39. The number of nitrogens with zero attached hydrogens (tertiary/aromatic N) is 2. The second-order valence-electron chi connectivity index (χ2n) is 8.13. The first-order valence-electron chi connectivity index (χ1n) is 11.5. The predicted octanol–water partition coefficient (Wildman–Crippen LogP) is 6.56. The minimum Gasteiger partial charge on any atom is -0.454 e. The zero-order valence-electron chi connectivity index (χ0n) is 19.3. The van der Waals surface area contributed by atoms with Crippen LogP contribution in [0, 0.1) is 0 Å². The maximum atomic E-state index is 13.0. The van der Waals surface area contributed by atoms with Gasteiger partial charge in [0, 0.05) is 53.2 Å². The number of rotatable bonds is 8. The minimum atomic E-state index is -0.370. The summed E-state index contributed by atoms with van der Waals surface area (Å²) in [5.74, 6) is 2.26. The van der Waals surface area contributed by atoms with Gasteiger partial charge >= 0.3 is 6.03 Å². The minimum absolute atomic E-state index is 0.156. The molecule has 1 aliphatic rings. The van der Waals surface area contributed by atoms with Crippen LogP contribution < -0.4 is 25.0 Å². The standard InChI is InChI=1S/C27H24Cl2N4O3/c28-10-12-33(13-11-29)20-8-6-19(7-9-20)30-27(34)32-23-15-22(18-4-2-1-3-5-18)31-24-16-26-25(14-21(23)24)35-17-36-26/h1-9,14-16H,10-13,17H2,(H2,30,31,32,34). The van der Waals surface area contributed by atoms with Gasteiger partial charge in [-0.05, 0) is 36.4 Å². The van der Waals surface area contributed by atoms with Crippen LogP contribution in [0.25, 0.3) is 22.2 Å². The highest BCUT2D eigenvalue weighted by atomic mass is 35.5. The van der Waals surface area contributed by atoms with E-state index < -0.39 is 0 Å². The number of pyridine rings is 1. The van der Waals surface area contributed by atoms with Crippen LogP contribution in [0.2, 0.25) is 0 Å². The van der Waals surface area contributed by atoms with E-state index in [0.717, 1.165) is 22.3 Å². The summed E-state index contributed by atoms with van der Waals surface area (Å²) in [4.78, 5) is 19.9. The maximum Gasteiger partial charge on any atom is 0.323 e. The second-order valence-corrected chi connectivity index (χ2v) is 8.89. The summed E-state index contributed by atoms with van der Waals surface area (Å²) in [6.07, 6.45) is 0. The maximum absolute atomic E-state index is 13.0. The molecule has 0 spiro atoms. The smallest absolute Gasteiger partial charge is 0.323 e. The molecule has 1 aromatic heterocycles. The first-order valence-corrected chi connectivity index (χ1v) is 12.6. The molecule has 0 saturated heterocycles. The summed E-state index contributed by atoms with van der Waals surface area (Å²) in [6, 6.07) is 22.5. The molecule has 3 aromatic carbocycles. The van der Waals surface area contributed by atoms with Gasteiger partial charge in [0.05, 0.1) is 16.9 Å². The van der Waals surface area contributed by atoms with Crippen LogP contribution in [0.1, 0.15) is 0 Å². The number of alkyl halides is 2. The van der Waals surface area contributed by atoms with Crippen LogP contribution in [-0.2, 0) is 0 Å². The number of hydrogen-bond donors (Lipinski definition) is 2. The monoisotopic (exact) mass is 522 g/mol. The molecule has 9 heteroatoms. The van der Waals surface area contributed by atoms with Crippen molar-refractivity contribution in [3.8, 4) is 22.8 Å². The fourth-order valence-electron chi connectivity index (χ4n) is 4.09. The number of aromatic nitrogens is 1. The number of halogens is 2. The Hall–Kier alpha value is -3.68. The van der Waals surface area contributed by atoms with Crippen LogP contribution >= 0.6 is 23.2 Å². The number of carbonyl (C=O) groups is 1. The van der Waals surface area contributed by atoms with Crippen molar-refractivity contribution >= 4 is 57.2 Å².